The lowest BCUT2D eigenvalue weighted by Crippen LogP contribution is -2.13. The molecule has 0 amide bonds. The Balaban J connectivity index is 2.49. The van der Waals surface area contributed by atoms with Crippen LogP contribution in [0.2, 0.25) is 0 Å². The van der Waals surface area contributed by atoms with Gasteiger partial charge in [-0.25, -0.2) is 8.42 Å². The molecule has 108 valence electrons. The standard InChI is InChI=1S/C12H14N2O5S/c1-20(18,19)5-4-13-11(8-15)7-9-6-10(14(16)17)2-3-12(9)13/h2-3,6-7,15H,4-5,8H2,1H3. The first-order chi connectivity index (χ1) is 9.31. The first kappa shape index (κ1) is 14.5. The summed E-state index contributed by atoms with van der Waals surface area (Å²) in [6, 6.07) is 5.96. The van der Waals surface area contributed by atoms with E-state index in [1.54, 1.807) is 16.7 Å². The molecule has 1 heterocycles. The van der Waals surface area contributed by atoms with E-state index in [0.29, 0.717) is 16.6 Å². The third-order valence-electron chi connectivity index (χ3n) is 3.03. The lowest BCUT2D eigenvalue weighted by atomic mass is 10.2. The second kappa shape index (κ2) is 5.22. The molecule has 20 heavy (non-hydrogen) atoms. The second-order valence-corrected chi connectivity index (χ2v) is 6.84. The number of hydrogen-bond donors (Lipinski definition) is 1. The van der Waals surface area contributed by atoms with Crippen LogP contribution >= 0.6 is 0 Å². The molecule has 0 atom stereocenters. The van der Waals surface area contributed by atoms with Gasteiger partial charge in [0.2, 0.25) is 0 Å². The van der Waals surface area contributed by atoms with Gasteiger partial charge in [0.1, 0.15) is 9.84 Å². The van der Waals surface area contributed by atoms with Crippen LogP contribution in [-0.2, 0) is 23.0 Å². The Hall–Kier alpha value is -1.93. The molecule has 8 heteroatoms. The van der Waals surface area contributed by atoms with Crippen molar-refractivity contribution in [3.8, 4) is 0 Å². The Kier molecular flexibility index (Phi) is 3.78. The van der Waals surface area contributed by atoms with Gasteiger partial charge in [-0.05, 0) is 12.1 Å². The highest BCUT2D eigenvalue weighted by Gasteiger charge is 2.14. The Morgan fingerprint density at radius 1 is 1.35 bits per heavy atom. The lowest BCUT2D eigenvalue weighted by molar-refractivity contribution is -0.384. The average molecular weight is 298 g/mol. The molecule has 0 bridgehead atoms. The fraction of sp³-hybridized carbons (Fsp3) is 0.333. The van der Waals surface area contributed by atoms with Crippen LogP contribution in [0.3, 0.4) is 0 Å². The van der Waals surface area contributed by atoms with Gasteiger partial charge in [-0.1, -0.05) is 0 Å². The van der Waals surface area contributed by atoms with Gasteiger partial charge >= 0.3 is 0 Å². The summed E-state index contributed by atoms with van der Waals surface area (Å²) in [6.45, 7) is -0.0533. The van der Waals surface area contributed by atoms with E-state index in [1.807, 2.05) is 0 Å². The summed E-state index contributed by atoms with van der Waals surface area (Å²) in [5, 5.41) is 20.7. The first-order valence-electron chi connectivity index (χ1n) is 5.87. The van der Waals surface area contributed by atoms with Gasteiger partial charge in [0.15, 0.2) is 0 Å². The molecule has 0 saturated carbocycles. The minimum atomic E-state index is -3.13. The zero-order valence-corrected chi connectivity index (χ0v) is 11.6. The summed E-state index contributed by atoms with van der Waals surface area (Å²) in [5.74, 6) is -0.0548. The zero-order valence-electron chi connectivity index (χ0n) is 10.8. The molecule has 2 rings (SSSR count). The molecule has 0 aliphatic rings. The highest BCUT2D eigenvalue weighted by atomic mass is 32.2. The van der Waals surface area contributed by atoms with Crippen molar-refractivity contribution in [2.24, 2.45) is 0 Å². The summed E-state index contributed by atoms with van der Waals surface area (Å²) >= 11 is 0. The molecule has 0 radical (unpaired) electrons. The van der Waals surface area contributed by atoms with Crippen molar-refractivity contribution < 1.29 is 18.4 Å². The van der Waals surface area contributed by atoms with Crippen LogP contribution in [0.25, 0.3) is 10.9 Å². The predicted octanol–water partition coefficient (Wildman–Crippen LogP) is 1.09. The smallest absolute Gasteiger partial charge is 0.270 e. The van der Waals surface area contributed by atoms with Crippen molar-refractivity contribution >= 4 is 26.4 Å². The van der Waals surface area contributed by atoms with Crippen molar-refractivity contribution in [3.63, 3.8) is 0 Å². The normalized spacial score (nSPS) is 11.9. The number of aliphatic hydroxyl groups excluding tert-OH is 1. The average Bonchev–Trinajstić information content (AvgIpc) is 2.72. The minimum absolute atomic E-state index is 0.0396. The molecule has 1 N–H and O–H groups in total. The van der Waals surface area contributed by atoms with Crippen LogP contribution in [-0.4, -0.2) is 35.0 Å². The van der Waals surface area contributed by atoms with E-state index in [1.165, 1.54) is 12.1 Å². The van der Waals surface area contributed by atoms with Gasteiger partial charge in [0.25, 0.3) is 5.69 Å². The van der Waals surface area contributed by atoms with E-state index in [9.17, 15) is 23.6 Å². The number of aliphatic hydroxyl groups is 1. The van der Waals surface area contributed by atoms with E-state index in [2.05, 4.69) is 0 Å². The maximum absolute atomic E-state index is 11.2. The Morgan fingerprint density at radius 3 is 2.60 bits per heavy atom. The Bertz CT molecular complexity index is 763. The lowest BCUT2D eigenvalue weighted by Gasteiger charge is -2.08. The Morgan fingerprint density at radius 2 is 2.05 bits per heavy atom. The fourth-order valence-corrected chi connectivity index (χ4v) is 2.60. The molecule has 0 aliphatic heterocycles. The number of aryl methyl sites for hydroxylation is 1. The number of rotatable bonds is 5. The van der Waals surface area contributed by atoms with Crippen LogP contribution in [0.15, 0.2) is 24.3 Å². The van der Waals surface area contributed by atoms with Gasteiger partial charge in [-0.3, -0.25) is 10.1 Å². The number of nitro benzene ring substituents is 1. The van der Waals surface area contributed by atoms with Crippen molar-refractivity contribution in [3.05, 3.63) is 40.1 Å². The highest BCUT2D eigenvalue weighted by Crippen LogP contribution is 2.24. The maximum atomic E-state index is 11.2. The number of nitro groups is 1. The minimum Gasteiger partial charge on any atom is -0.390 e. The highest BCUT2D eigenvalue weighted by molar-refractivity contribution is 7.90. The van der Waals surface area contributed by atoms with Crippen LogP contribution in [0, 0.1) is 10.1 Å². The number of sulfone groups is 1. The van der Waals surface area contributed by atoms with Gasteiger partial charge in [-0.15, -0.1) is 0 Å². The van der Waals surface area contributed by atoms with Crippen molar-refractivity contribution in [1.82, 2.24) is 4.57 Å². The summed E-state index contributed by atoms with van der Waals surface area (Å²) in [5.41, 5.74) is 1.16. The second-order valence-electron chi connectivity index (χ2n) is 4.58. The molecule has 0 spiro atoms. The van der Waals surface area contributed by atoms with Gasteiger partial charge in [0.05, 0.1) is 17.3 Å². The van der Waals surface area contributed by atoms with Gasteiger partial charge in [-0.2, -0.15) is 0 Å². The topological polar surface area (TPSA) is 102 Å². The largest absolute Gasteiger partial charge is 0.390 e. The van der Waals surface area contributed by atoms with Crippen molar-refractivity contribution in [1.29, 1.82) is 0 Å². The van der Waals surface area contributed by atoms with E-state index in [0.717, 1.165) is 6.26 Å². The Labute approximate surface area is 115 Å². The number of nitrogens with zero attached hydrogens (tertiary/aromatic N) is 2. The predicted molar refractivity (Wildman–Crippen MR) is 74.2 cm³/mol. The molecule has 7 nitrogen and oxygen atoms in total. The SMILES string of the molecule is CS(=O)(=O)CCn1c(CO)cc2cc([N+](=O)[O-])ccc21. The van der Waals surface area contributed by atoms with Crippen molar-refractivity contribution in [2.45, 2.75) is 13.2 Å². The molecule has 1 aromatic carbocycles. The maximum Gasteiger partial charge on any atom is 0.270 e. The van der Waals surface area contributed by atoms with Crippen molar-refractivity contribution in [2.75, 3.05) is 12.0 Å². The number of non-ortho nitro benzene ring substituents is 1. The fourth-order valence-electron chi connectivity index (χ4n) is 2.08. The molecule has 1 aromatic heterocycles. The molecule has 2 aromatic rings. The third kappa shape index (κ3) is 2.97. The molecule has 0 unspecified atom stereocenters. The molecule has 0 fully saturated rings. The summed E-state index contributed by atoms with van der Waals surface area (Å²) < 4.78 is 24.1. The molecular weight excluding hydrogens is 284 g/mol. The summed E-state index contributed by atoms with van der Waals surface area (Å²) in [4.78, 5) is 10.2. The monoisotopic (exact) mass is 298 g/mol. The number of fused-ring (bicyclic) bond motifs is 1. The van der Waals surface area contributed by atoms with E-state index in [-0.39, 0.29) is 24.6 Å². The number of aromatic nitrogens is 1. The first-order valence-corrected chi connectivity index (χ1v) is 7.93. The van der Waals surface area contributed by atoms with E-state index < -0.39 is 14.8 Å². The van der Waals surface area contributed by atoms with Gasteiger partial charge < -0.3 is 9.67 Å². The third-order valence-corrected chi connectivity index (χ3v) is 3.95. The number of hydrogen-bond acceptors (Lipinski definition) is 5. The van der Waals surface area contributed by atoms with Crippen LogP contribution < -0.4 is 0 Å². The zero-order chi connectivity index (χ0) is 14.9. The molecule has 0 aliphatic carbocycles. The quantitative estimate of drug-likeness (QED) is 0.657. The van der Waals surface area contributed by atoms with Crippen LogP contribution in [0.4, 0.5) is 5.69 Å². The van der Waals surface area contributed by atoms with Gasteiger partial charge in [0, 0.05) is 41.5 Å². The van der Waals surface area contributed by atoms with E-state index >= 15 is 0 Å². The molecular formula is C12H14N2O5S. The number of benzene rings is 1. The van der Waals surface area contributed by atoms with Crippen LogP contribution in [0.5, 0.6) is 0 Å². The van der Waals surface area contributed by atoms with Crippen LogP contribution in [0.1, 0.15) is 5.69 Å². The summed E-state index contributed by atoms with van der Waals surface area (Å²) in [6.07, 6.45) is 1.14. The van der Waals surface area contributed by atoms with E-state index in [4.69, 9.17) is 0 Å². The summed E-state index contributed by atoms with van der Waals surface area (Å²) in [7, 11) is -3.13. The molecule has 0 saturated heterocycles.